The summed E-state index contributed by atoms with van der Waals surface area (Å²) in [6, 6.07) is 16.2. The summed E-state index contributed by atoms with van der Waals surface area (Å²) in [6.45, 7) is 6.39. The zero-order valence-corrected chi connectivity index (χ0v) is 14.2. The largest absolute Gasteiger partial charge is 0.457 e. The zero-order valence-electron chi connectivity index (χ0n) is 13.4. The molecule has 3 aromatic rings. The minimum absolute atomic E-state index is 0.723. The molecular weight excluding hydrogens is 306 g/mol. The van der Waals surface area contributed by atoms with E-state index in [4.69, 9.17) is 16.0 Å². The molecule has 23 heavy (non-hydrogen) atoms. The molecule has 0 unspecified atom stereocenters. The van der Waals surface area contributed by atoms with Crippen LogP contribution in [0.5, 0.6) is 0 Å². The Kier molecular flexibility index (Phi) is 4.73. The van der Waals surface area contributed by atoms with E-state index in [-0.39, 0.29) is 0 Å². The summed E-state index contributed by atoms with van der Waals surface area (Å²) in [6.07, 6.45) is 4.05. The van der Waals surface area contributed by atoms with E-state index in [1.807, 2.05) is 30.3 Å². The van der Waals surface area contributed by atoms with Gasteiger partial charge in [-0.15, -0.1) is 0 Å². The molecule has 0 saturated heterocycles. The Morgan fingerprint density at radius 3 is 2.39 bits per heavy atom. The molecule has 0 radical (unpaired) electrons. The van der Waals surface area contributed by atoms with Crippen molar-refractivity contribution in [1.82, 2.24) is 0 Å². The smallest absolute Gasteiger partial charge is 0.134 e. The van der Waals surface area contributed by atoms with Crippen molar-refractivity contribution < 1.29 is 4.42 Å². The molecule has 0 amide bonds. The third-order valence-corrected chi connectivity index (χ3v) is 4.19. The van der Waals surface area contributed by atoms with Crippen LogP contribution in [0.1, 0.15) is 25.2 Å². The Balaban J connectivity index is 1.78. The van der Waals surface area contributed by atoms with Crippen LogP contribution in [-0.2, 0) is 0 Å². The molecule has 0 saturated carbocycles. The average Bonchev–Trinajstić information content (AvgIpc) is 2.97. The lowest BCUT2D eigenvalue weighted by molar-refractivity contribution is 0.604. The third kappa shape index (κ3) is 3.59. The van der Waals surface area contributed by atoms with Gasteiger partial charge in [0.15, 0.2) is 0 Å². The zero-order chi connectivity index (χ0) is 16.2. The van der Waals surface area contributed by atoms with Crippen molar-refractivity contribution in [3.63, 3.8) is 0 Å². The minimum atomic E-state index is 0.723. The van der Waals surface area contributed by atoms with E-state index in [1.54, 1.807) is 0 Å². The number of rotatable bonds is 5. The van der Waals surface area contributed by atoms with Gasteiger partial charge in [0.05, 0.1) is 0 Å². The fraction of sp³-hybridized carbons (Fsp3) is 0.200. The molecule has 0 atom stereocenters. The molecule has 0 aliphatic carbocycles. The number of fused-ring (bicyclic) bond motifs is 1. The standard InChI is InChI=1S/C20H20ClNO/c1-3-22(4-2)18-9-5-15(6-10-18)7-11-19-14-16-13-17(21)8-12-20(16)23-19/h5-14H,3-4H2,1-2H3/b11-7+. The van der Waals surface area contributed by atoms with E-state index in [0.717, 1.165) is 40.4 Å². The van der Waals surface area contributed by atoms with Gasteiger partial charge in [0.2, 0.25) is 0 Å². The molecule has 3 heteroatoms. The first-order chi connectivity index (χ1) is 11.2. The number of halogens is 1. The van der Waals surface area contributed by atoms with Crippen LogP contribution in [0.2, 0.25) is 5.02 Å². The van der Waals surface area contributed by atoms with Crippen LogP contribution in [0.3, 0.4) is 0 Å². The van der Waals surface area contributed by atoms with Crippen molar-refractivity contribution in [1.29, 1.82) is 0 Å². The topological polar surface area (TPSA) is 16.4 Å². The molecule has 0 fully saturated rings. The Hall–Kier alpha value is -2.19. The van der Waals surface area contributed by atoms with Gasteiger partial charge < -0.3 is 9.32 Å². The lowest BCUT2D eigenvalue weighted by Gasteiger charge is -2.20. The fourth-order valence-corrected chi connectivity index (χ4v) is 2.86. The molecule has 0 N–H and O–H groups in total. The summed E-state index contributed by atoms with van der Waals surface area (Å²) in [5.74, 6) is 0.829. The van der Waals surface area contributed by atoms with Gasteiger partial charge in [0.1, 0.15) is 11.3 Å². The molecule has 1 heterocycles. The number of furan rings is 1. The fourth-order valence-electron chi connectivity index (χ4n) is 2.68. The van der Waals surface area contributed by atoms with Gasteiger partial charge in [-0.2, -0.15) is 0 Å². The van der Waals surface area contributed by atoms with E-state index in [2.05, 4.69) is 49.1 Å². The molecule has 0 aliphatic rings. The average molecular weight is 326 g/mol. The van der Waals surface area contributed by atoms with Crippen LogP contribution in [-0.4, -0.2) is 13.1 Å². The van der Waals surface area contributed by atoms with Crippen LogP contribution in [0.25, 0.3) is 23.1 Å². The van der Waals surface area contributed by atoms with E-state index in [1.165, 1.54) is 5.69 Å². The first kappa shape index (κ1) is 15.7. The van der Waals surface area contributed by atoms with E-state index < -0.39 is 0 Å². The van der Waals surface area contributed by atoms with Gasteiger partial charge >= 0.3 is 0 Å². The van der Waals surface area contributed by atoms with Crippen molar-refractivity contribution in [3.05, 3.63) is 64.9 Å². The molecule has 1 aromatic heterocycles. The Morgan fingerprint density at radius 2 is 1.70 bits per heavy atom. The highest BCUT2D eigenvalue weighted by Crippen LogP contribution is 2.24. The normalized spacial score (nSPS) is 11.4. The quantitative estimate of drug-likeness (QED) is 0.563. The highest BCUT2D eigenvalue weighted by atomic mass is 35.5. The van der Waals surface area contributed by atoms with Gasteiger partial charge in [-0.3, -0.25) is 0 Å². The number of hydrogen-bond donors (Lipinski definition) is 0. The minimum Gasteiger partial charge on any atom is -0.457 e. The maximum atomic E-state index is 6.00. The van der Waals surface area contributed by atoms with Crippen molar-refractivity contribution in [2.45, 2.75) is 13.8 Å². The molecule has 3 rings (SSSR count). The Morgan fingerprint density at radius 1 is 0.957 bits per heavy atom. The molecule has 0 aliphatic heterocycles. The second-order valence-electron chi connectivity index (χ2n) is 5.43. The van der Waals surface area contributed by atoms with Crippen LogP contribution >= 0.6 is 11.6 Å². The second kappa shape index (κ2) is 6.93. The molecule has 2 aromatic carbocycles. The van der Waals surface area contributed by atoms with E-state index >= 15 is 0 Å². The Bertz CT molecular complexity index is 813. The summed E-state index contributed by atoms with van der Waals surface area (Å²) >= 11 is 6.00. The molecular formula is C20H20ClNO. The van der Waals surface area contributed by atoms with Gasteiger partial charge in [0.25, 0.3) is 0 Å². The first-order valence-corrected chi connectivity index (χ1v) is 8.29. The SMILES string of the molecule is CCN(CC)c1ccc(/C=C/c2cc3cc(Cl)ccc3o2)cc1. The van der Waals surface area contributed by atoms with Crippen molar-refractivity contribution in [3.8, 4) is 0 Å². The lowest BCUT2D eigenvalue weighted by atomic mass is 10.1. The number of nitrogens with zero attached hydrogens (tertiary/aromatic N) is 1. The molecule has 0 spiro atoms. The summed E-state index contributed by atoms with van der Waals surface area (Å²) in [5, 5.41) is 1.75. The highest BCUT2D eigenvalue weighted by Gasteiger charge is 2.02. The van der Waals surface area contributed by atoms with Gasteiger partial charge in [-0.1, -0.05) is 29.8 Å². The maximum absolute atomic E-state index is 6.00. The van der Waals surface area contributed by atoms with E-state index in [9.17, 15) is 0 Å². The highest BCUT2D eigenvalue weighted by molar-refractivity contribution is 6.31. The van der Waals surface area contributed by atoms with E-state index in [0.29, 0.717) is 0 Å². The summed E-state index contributed by atoms with van der Waals surface area (Å²) < 4.78 is 5.79. The number of benzene rings is 2. The first-order valence-electron chi connectivity index (χ1n) is 7.91. The predicted octanol–water partition coefficient (Wildman–Crippen LogP) is 6.10. The lowest BCUT2D eigenvalue weighted by Crippen LogP contribution is -2.21. The van der Waals surface area contributed by atoms with Crippen molar-refractivity contribution in [2.24, 2.45) is 0 Å². The van der Waals surface area contributed by atoms with Gasteiger partial charge in [-0.25, -0.2) is 0 Å². The molecule has 2 nitrogen and oxygen atoms in total. The third-order valence-electron chi connectivity index (χ3n) is 3.96. The van der Waals surface area contributed by atoms with Gasteiger partial charge in [0, 0.05) is 29.2 Å². The molecule has 118 valence electrons. The van der Waals surface area contributed by atoms with Gasteiger partial charge in [-0.05, 0) is 61.9 Å². The molecule has 0 bridgehead atoms. The number of anilines is 1. The number of hydrogen-bond acceptors (Lipinski definition) is 2. The monoisotopic (exact) mass is 325 g/mol. The van der Waals surface area contributed by atoms with Crippen LogP contribution < -0.4 is 4.90 Å². The summed E-state index contributed by atoms with van der Waals surface area (Å²) in [4.78, 5) is 2.33. The Labute approximate surface area is 142 Å². The second-order valence-corrected chi connectivity index (χ2v) is 5.86. The summed E-state index contributed by atoms with van der Waals surface area (Å²) in [5.41, 5.74) is 3.26. The summed E-state index contributed by atoms with van der Waals surface area (Å²) in [7, 11) is 0. The van der Waals surface area contributed by atoms with Crippen LogP contribution in [0.4, 0.5) is 5.69 Å². The van der Waals surface area contributed by atoms with Crippen molar-refractivity contribution >= 4 is 40.4 Å². The maximum Gasteiger partial charge on any atom is 0.134 e. The van der Waals surface area contributed by atoms with Crippen molar-refractivity contribution in [2.75, 3.05) is 18.0 Å². The predicted molar refractivity (Wildman–Crippen MR) is 100 cm³/mol. The van der Waals surface area contributed by atoms with Crippen LogP contribution in [0.15, 0.2) is 52.9 Å². The van der Waals surface area contributed by atoms with Crippen LogP contribution in [0, 0.1) is 0 Å².